The van der Waals surface area contributed by atoms with Crippen molar-refractivity contribution in [3.8, 4) is 0 Å². The molecule has 0 saturated carbocycles. The average Bonchev–Trinajstić information content (AvgIpc) is 2.94. The summed E-state index contributed by atoms with van der Waals surface area (Å²) in [6, 6.07) is 0. The molecule has 2 rings (SSSR count). The number of carboxylic acid groups (broad SMARTS) is 1. The molecule has 8 heteroatoms. The van der Waals surface area contributed by atoms with Crippen LogP contribution >= 0.6 is 0 Å². The molecule has 0 radical (unpaired) electrons. The predicted molar refractivity (Wildman–Crippen MR) is 83.0 cm³/mol. The van der Waals surface area contributed by atoms with Gasteiger partial charge in [-0.2, -0.15) is 10.1 Å². The minimum absolute atomic E-state index is 0.0874. The van der Waals surface area contributed by atoms with Gasteiger partial charge in [0.15, 0.2) is 0 Å². The van der Waals surface area contributed by atoms with E-state index >= 15 is 0 Å². The number of nitrogens with zero attached hydrogens (tertiary/aromatic N) is 5. The fraction of sp³-hybridized carbons (Fsp3) is 0.533. The Hall–Kier alpha value is -2.51. The van der Waals surface area contributed by atoms with Gasteiger partial charge in [-0.25, -0.2) is 9.50 Å². The fourth-order valence-corrected chi connectivity index (χ4v) is 2.53. The largest absolute Gasteiger partial charge is 0.481 e. The molecule has 0 bridgehead atoms. The molecule has 1 atom stereocenters. The Bertz CT molecular complexity index is 740. The highest BCUT2D eigenvalue weighted by Crippen LogP contribution is 2.15. The van der Waals surface area contributed by atoms with Gasteiger partial charge in [-0.05, 0) is 25.8 Å². The zero-order valence-corrected chi connectivity index (χ0v) is 13.8. The lowest BCUT2D eigenvalue weighted by Crippen LogP contribution is -2.33. The number of rotatable bonds is 6. The maximum Gasteiger partial charge on any atom is 0.308 e. The number of amides is 1. The number of hydrogen-bond donors (Lipinski definition) is 1. The van der Waals surface area contributed by atoms with Crippen LogP contribution in [0.25, 0.3) is 5.78 Å². The van der Waals surface area contributed by atoms with Crippen molar-refractivity contribution in [2.75, 3.05) is 13.6 Å². The second kappa shape index (κ2) is 6.72. The number of aliphatic carboxylic acids is 1. The zero-order valence-electron chi connectivity index (χ0n) is 13.8. The van der Waals surface area contributed by atoms with Crippen LogP contribution in [0.15, 0.2) is 6.33 Å². The van der Waals surface area contributed by atoms with Crippen LogP contribution in [0.1, 0.15) is 30.3 Å². The van der Waals surface area contributed by atoms with E-state index in [4.69, 9.17) is 5.11 Å². The van der Waals surface area contributed by atoms with E-state index in [0.29, 0.717) is 18.6 Å². The Balaban J connectivity index is 2.06. The molecule has 2 aromatic heterocycles. The highest BCUT2D eigenvalue weighted by molar-refractivity contribution is 5.77. The van der Waals surface area contributed by atoms with Gasteiger partial charge in [0.05, 0.1) is 5.92 Å². The predicted octanol–water partition coefficient (Wildman–Crippen LogP) is 0.853. The summed E-state index contributed by atoms with van der Waals surface area (Å²) in [5, 5.41) is 13.0. The zero-order chi connectivity index (χ0) is 17.1. The third kappa shape index (κ3) is 3.64. The molecule has 0 saturated heterocycles. The summed E-state index contributed by atoms with van der Waals surface area (Å²) in [7, 11) is 1.63. The second-order valence-electron chi connectivity index (χ2n) is 5.75. The smallest absolute Gasteiger partial charge is 0.308 e. The molecule has 2 heterocycles. The lowest BCUT2D eigenvalue weighted by Gasteiger charge is -2.20. The first kappa shape index (κ1) is 16.9. The van der Waals surface area contributed by atoms with Crippen LogP contribution in [-0.2, 0) is 16.0 Å². The van der Waals surface area contributed by atoms with E-state index in [9.17, 15) is 9.59 Å². The number of carbonyl (C=O) groups is 2. The highest BCUT2D eigenvalue weighted by atomic mass is 16.4. The van der Waals surface area contributed by atoms with Crippen LogP contribution in [0.4, 0.5) is 0 Å². The van der Waals surface area contributed by atoms with Gasteiger partial charge < -0.3 is 10.0 Å². The second-order valence-corrected chi connectivity index (χ2v) is 5.75. The fourth-order valence-electron chi connectivity index (χ4n) is 2.53. The van der Waals surface area contributed by atoms with Crippen LogP contribution in [0, 0.1) is 19.8 Å². The normalized spacial score (nSPS) is 12.3. The molecule has 0 aliphatic rings. The standard InChI is InChI=1S/C15H21N5O3/c1-9(14(22)23)7-19(4)13(21)6-5-12-10(2)18-15-16-8-17-20(15)11(12)3/h8-9H,5-7H2,1-4H3,(H,22,23). The average molecular weight is 319 g/mol. The van der Waals surface area contributed by atoms with Gasteiger partial charge in [-0.15, -0.1) is 0 Å². The lowest BCUT2D eigenvalue weighted by atomic mass is 10.1. The molecule has 0 aliphatic heterocycles. The molecule has 23 heavy (non-hydrogen) atoms. The Labute approximate surface area is 134 Å². The number of carbonyl (C=O) groups excluding carboxylic acids is 1. The Kier molecular flexibility index (Phi) is 4.92. The third-order valence-electron chi connectivity index (χ3n) is 3.97. The lowest BCUT2D eigenvalue weighted by molar-refractivity contribution is -0.142. The molecule has 1 unspecified atom stereocenters. The Morgan fingerprint density at radius 1 is 1.39 bits per heavy atom. The van der Waals surface area contributed by atoms with Crippen molar-refractivity contribution >= 4 is 17.7 Å². The van der Waals surface area contributed by atoms with Gasteiger partial charge in [-0.1, -0.05) is 6.92 Å². The summed E-state index contributed by atoms with van der Waals surface area (Å²) in [4.78, 5) is 33.0. The molecular formula is C15H21N5O3. The first-order chi connectivity index (χ1) is 10.8. The monoisotopic (exact) mass is 319 g/mol. The van der Waals surface area contributed by atoms with Gasteiger partial charge in [0.2, 0.25) is 5.91 Å². The van der Waals surface area contributed by atoms with Crippen molar-refractivity contribution in [1.82, 2.24) is 24.5 Å². The third-order valence-corrected chi connectivity index (χ3v) is 3.97. The van der Waals surface area contributed by atoms with Crippen molar-refractivity contribution in [2.45, 2.75) is 33.6 Å². The molecule has 0 aliphatic carbocycles. The number of aryl methyl sites for hydroxylation is 2. The van der Waals surface area contributed by atoms with Crippen molar-refractivity contribution in [3.63, 3.8) is 0 Å². The van der Waals surface area contributed by atoms with Crippen molar-refractivity contribution in [1.29, 1.82) is 0 Å². The topological polar surface area (TPSA) is 101 Å². The highest BCUT2D eigenvalue weighted by Gasteiger charge is 2.18. The quantitative estimate of drug-likeness (QED) is 0.847. The summed E-state index contributed by atoms with van der Waals surface area (Å²) in [5.74, 6) is -1.03. The van der Waals surface area contributed by atoms with E-state index < -0.39 is 11.9 Å². The maximum absolute atomic E-state index is 12.2. The minimum Gasteiger partial charge on any atom is -0.481 e. The SMILES string of the molecule is Cc1nc2ncnn2c(C)c1CCC(=O)N(C)CC(C)C(=O)O. The van der Waals surface area contributed by atoms with Gasteiger partial charge >= 0.3 is 5.97 Å². The van der Waals surface area contributed by atoms with Crippen LogP contribution < -0.4 is 0 Å². The number of hydrogen-bond acceptors (Lipinski definition) is 5. The van der Waals surface area contributed by atoms with E-state index in [2.05, 4.69) is 15.1 Å². The van der Waals surface area contributed by atoms with E-state index in [-0.39, 0.29) is 12.5 Å². The molecule has 124 valence electrons. The van der Waals surface area contributed by atoms with E-state index in [1.807, 2.05) is 13.8 Å². The molecule has 1 amide bonds. The summed E-state index contributed by atoms with van der Waals surface area (Å²) >= 11 is 0. The maximum atomic E-state index is 12.2. The van der Waals surface area contributed by atoms with Crippen LogP contribution in [0.3, 0.4) is 0 Å². The summed E-state index contributed by atoms with van der Waals surface area (Å²) in [6.45, 7) is 5.60. The van der Waals surface area contributed by atoms with Crippen LogP contribution in [0.2, 0.25) is 0 Å². The number of fused-ring (bicyclic) bond motifs is 1. The number of carboxylic acids is 1. The van der Waals surface area contributed by atoms with Gasteiger partial charge in [0.25, 0.3) is 5.78 Å². The first-order valence-corrected chi connectivity index (χ1v) is 7.43. The Morgan fingerprint density at radius 3 is 2.74 bits per heavy atom. The van der Waals surface area contributed by atoms with Gasteiger partial charge in [0, 0.05) is 31.4 Å². The molecule has 0 aromatic carbocycles. The number of aromatic nitrogens is 4. The molecular weight excluding hydrogens is 298 g/mol. The van der Waals surface area contributed by atoms with E-state index in [0.717, 1.165) is 17.0 Å². The molecule has 8 nitrogen and oxygen atoms in total. The molecule has 2 aromatic rings. The molecule has 0 spiro atoms. The van der Waals surface area contributed by atoms with Crippen molar-refractivity contribution in [2.24, 2.45) is 5.92 Å². The van der Waals surface area contributed by atoms with Gasteiger partial charge in [0.1, 0.15) is 6.33 Å². The molecule has 0 fully saturated rings. The van der Waals surface area contributed by atoms with E-state index in [1.165, 1.54) is 11.2 Å². The summed E-state index contributed by atoms with van der Waals surface area (Å²) in [5.41, 5.74) is 2.72. The molecule has 1 N–H and O–H groups in total. The summed E-state index contributed by atoms with van der Waals surface area (Å²) in [6.07, 6.45) is 2.28. The first-order valence-electron chi connectivity index (χ1n) is 7.43. The Morgan fingerprint density at radius 2 is 2.09 bits per heavy atom. The van der Waals surface area contributed by atoms with Crippen LogP contribution in [-0.4, -0.2) is 55.1 Å². The van der Waals surface area contributed by atoms with Gasteiger partial charge in [-0.3, -0.25) is 9.59 Å². The van der Waals surface area contributed by atoms with Crippen LogP contribution in [0.5, 0.6) is 0 Å². The van der Waals surface area contributed by atoms with Crippen molar-refractivity contribution in [3.05, 3.63) is 23.3 Å². The summed E-state index contributed by atoms with van der Waals surface area (Å²) < 4.78 is 1.66. The minimum atomic E-state index is -0.905. The van der Waals surface area contributed by atoms with E-state index in [1.54, 1.807) is 18.5 Å². The van der Waals surface area contributed by atoms with Crippen molar-refractivity contribution < 1.29 is 14.7 Å².